The molecular formula is C59H110O15. The molecule has 0 amide bonds. The summed E-state index contributed by atoms with van der Waals surface area (Å²) in [5.74, 6) is -0.965. The van der Waals surface area contributed by atoms with E-state index < -0.39 is 92.7 Å². The van der Waals surface area contributed by atoms with Crippen molar-refractivity contribution in [2.24, 2.45) is 0 Å². The van der Waals surface area contributed by atoms with E-state index in [9.17, 15) is 45.3 Å². The predicted octanol–water partition coefficient (Wildman–Crippen LogP) is 10.5. The van der Waals surface area contributed by atoms with Crippen LogP contribution in [0.25, 0.3) is 0 Å². The van der Waals surface area contributed by atoms with Gasteiger partial charge in [-0.15, -0.1) is 0 Å². The summed E-state index contributed by atoms with van der Waals surface area (Å²) in [6.07, 6.45) is 32.5. The maximum atomic E-state index is 13.1. The number of carbonyl (C=O) groups is 2. The van der Waals surface area contributed by atoms with Crippen molar-refractivity contribution in [2.75, 3.05) is 26.4 Å². The van der Waals surface area contributed by atoms with E-state index in [-0.39, 0.29) is 26.1 Å². The highest BCUT2D eigenvalue weighted by molar-refractivity contribution is 5.70. The van der Waals surface area contributed by atoms with Crippen LogP contribution in [0.3, 0.4) is 0 Å². The molecule has 0 saturated carbocycles. The SMILES string of the molecule is CCCCCCCCCCCCC/C=C/CCC(=O)OC[C@H](CO[C@H]1O[C@@H](CO[C@H]2O[C@@H](CO)[C@@H](O)C(O)C2O)[C@@H](O)C(O)C1O)OC(=O)CCCCCCCCCCCCCCCCCCCCCCCCC. The molecule has 0 radical (unpaired) electrons. The average Bonchev–Trinajstić information content (AvgIpc) is 3.39. The first-order valence-electron chi connectivity index (χ1n) is 30.3. The molecule has 2 heterocycles. The van der Waals surface area contributed by atoms with Crippen LogP contribution in [-0.2, 0) is 38.0 Å². The van der Waals surface area contributed by atoms with Gasteiger partial charge in [0, 0.05) is 12.8 Å². The van der Waals surface area contributed by atoms with E-state index in [2.05, 4.69) is 19.9 Å². The molecule has 2 saturated heterocycles. The summed E-state index contributed by atoms with van der Waals surface area (Å²) in [7, 11) is 0. The Hall–Kier alpha value is -1.76. The molecule has 7 N–H and O–H groups in total. The minimum atomic E-state index is -1.77. The second-order valence-corrected chi connectivity index (χ2v) is 21.5. The van der Waals surface area contributed by atoms with Gasteiger partial charge >= 0.3 is 11.9 Å². The molecule has 0 aromatic heterocycles. The number of rotatable bonds is 49. The molecule has 74 heavy (non-hydrogen) atoms. The summed E-state index contributed by atoms with van der Waals surface area (Å²) in [5.41, 5.74) is 0. The number of aliphatic hydroxyl groups is 7. The first-order chi connectivity index (χ1) is 36.0. The monoisotopic (exact) mass is 1060 g/mol. The molecule has 0 aromatic rings. The van der Waals surface area contributed by atoms with E-state index in [1.165, 1.54) is 186 Å². The second kappa shape index (κ2) is 46.2. The molecule has 11 atom stereocenters. The van der Waals surface area contributed by atoms with Crippen LogP contribution in [0.2, 0.25) is 0 Å². The topological polar surface area (TPSA) is 231 Å². The number of allylic oxidation sites excluding steroid dienone is 2. The first-order valence-corrected chi connectivity index (χ1v) is 30.3. The van der Waals surface area contributed by atoms with Crippen LogP contribution in [0.4, 0.5) is 0 Å². The fourth-order valence-corrected chi connectivity index (χ4v) is 9.83. The number of carbonyl (C=O) groups excluding carboxylic acids is 2. The molecule has 4 unspecified atom stereocenters. The lowest BCUT2D eigenvalue weighted by molar-refractivity contribution is -0.332. The lowest BCUT2D eigenvalue weighted by atomic mass is 9.98. The van der Waals surface area contributed by atoms with Crippen molar-refractivity contribution in [1.82, 2.24) is 0 Å². The van der Waals surface area contributed by atoms with Gasteiger partial charge in [-0.25, -0.2) is 0 Å². The Kier molecular flexibility index (Phi) is 42.7. The Morgan fingerprint density at radius 3 is 1.24 bits per heavy atom. The summed E-state index contributed by atoms with van der Waals surface area (Å²) in [5, 5.41) is 72.3. The van der Waals surface area contributed by atoms with E-state index in [0.717, 1.165) is 32.1 Å². The van der Waals surface area contributed by atoms with Gasteiger partial charge in [-0.05, 0) is 25.7 Å². The maximum Gasteiger partial charge on any atom is 0.306 e. The highest BCUT2D eigenvalue weighted by Gasteiger charge is 2.47. The molecule has 15 nitrogen and oxygen atoms in total. The fourth-order valence-electron chi connectivity index (χ4n) is 9.83. The second-order valence-electron chi connectivity index (χ2n) is 21.5. The van der Waals surface area contributed by atoms with E-state index in [1.54, 1.807) is 0 Å². The third kappa shape index (κ3) is 32.9. The summed E-state index contributed by atoms with van der Waals surface area (Å²) in [6, 6.07) is 0. The molecule has 0 bridgehead atoms. The Morgan fingerprint density at radius 2 is 0.797 bits per heavy atom. The maximum absolute atomic E-state index is 13.1. The first kappa shape index (κ1) is 68.3. The van der Waals surface area contributed by atoms with Crippen molar-refractivity contribution in [2.45, 2.75) is 325 Å². The van der Waals surface area contributed by atoms with Crippen molar-refractivity contribution in [3.8, 4) is 0 Å². The zero-order valence-corrected chi connectivity index (χ0v) is 46.6. The van der Waals surface area contributed by atoms with Gasteiger partial charge in [0.1, 0.15) is 55.4 Å². The van der Waals surface area contributed by atoms with Crippen LogP contribution in [0.5, 0.6) is 0 Å². The highest BCUT2D eigenvalue weighted by atomic mass is 16.7. The van der Waals surface area contributed by atoms with Crippen molar-refractivity contribution >= 4 is 11.9 Å². The number of ether oxygens (including phenoxy) is 6. The molecule has 0 aliphatic carbocycles. The quantitative estimate of drug-likeness (QED) is 0.0171. The summed E-state index contributed by atoms with van der Waals surface area (Å²) >= 11 is 0. The van der Waals surface area contributed by atoms with Crippen LogP contribution >= 0.6 is 0 Å². The number of aliphatic hydroxyl groups excluding tert-OH is 7. The third-order valence-corrected chi connectivity index (χ3v) is 14.8. The van der Waals surface area contributed by atoms with Crippen LogP contribution in [-0.4, -0.2) is 142 Å². The van der Waals surface area contributed by atoms with Gasteiger partial charge in [0.05, 0.1) is 19.8 Å². The third-order valence-electron chi connectivity index (χ3n) is 14.8. The molecular weight excluding hydrogens is 949 g/mol. The molecule has 2 rings (SSSR count). The van der Waals surface area contributed by atoms with Crippen LogP contribution < -0.4 is 0 Å². The van der Waals surface area contributed by atoms with Crippen LogP contribution in [0.1, 0.15) is 258 Å². The van der Waals surface area contributed by atoms with Gasteiger partial charge in [-0.2, -0.15) is 0 Å². The van der Waals surface area contributed by atoms with Gasteiger partial charge in [0.25, 0.3) is 0 Å². The normalized spacial score (nSPS) is 24.7. The Bertz CT molecular complexity index is 1340. The molecule has 2 aliphatic rings. The fraction of sp³-hybridized carbons (Fsp3) is 0.932. The zero-order chi connectivity index (χ0) is 53.9. The van der Waals surface area contributed by atoms with Gasteiger partial charge in [-0.3, -0.25) is 9.59 Å². The van der Waals surface area contributed by atoms with E-state index in [0.29, 0.717) is 12.8 Å². The van der Waals surface area contributed by atoms with Gasteiger partial charge in [-0.1, -0.05) is 231 Å². The number of hydrogen-bond donors (Lipinski definition) is 7. The molecule has 2 aliphatic heterocycles. The van der Waals surface area contributed by atoms with Crippen molar-refractivity contribution in [3.05, 3.63) is 12.2 Å². The lowest BCUT2D eigenvalue weighted by Crippen LogP contribution is -2.61. The van der Waals surface area contributed by atoms with E-state index in [4.69, 9.17) is 28.4 Å². The lowest BCUT2D eigenvalue weighted by Gasteiger charge is -2.42. The number of hydrogen-bond acceptors (Lipinski definition) is 15. The summed E-state index contributed by atoms with van der Waals surface area (Å²) in [4.78, 5) is 25.9. The van der Waals surface area contributed by atoms with Crippen LogP contribution in [0.15, 0.2) is 12.2 Å². The predicted molar refractivity (Wildman–Crippen MR) is 289 cm³/mol. The number of unbranched alkanes of at least 4 members (excludes halogenated alkanes) is 33. The van der Waals surface area contributed by atoms with Gasteiger partial charge in [0.2, 0.25) is 0 Å². The highest BCUT2D eigenvalue weighted by Crippen LogP contribution is 2.27. The Labute approximate surface area is 448 Å². The molecule has 15 heteroatoms. The number of esters is 2. The van der Waals surface area contributed by atoms with Gasteiger partial charge < -0.3 is 64.2 Å². The zero-order valence-electron chi connectivity index (χ0n) is 46.6. The van der Waals surface area contributed by atoms with Crippen molar-refractivity contribution < 1.29 is 73.8 Å². The molecule has 436 valence electrons. The van der Waals surface area contributed by atoms with Gasteiger partial charge in [0.15, 0.2) is 18.7 Å². The summed E-state index contributed by atoms with van der Waals surface area (Å²) in [6.45, 7) is 2.61. The van der Waals surface area contributed by atoms with Crippen LogP contribution in [0, 0.1) is 0 Å². The average molecular weight is 1060 g/mol. The standard InChI is InChI=1S/C59H110O15/c1-3-5-7-9-11-13-15-17-19-20-21-22-23-24-25-26-28-30-32-34-36-38-40-42-51(62)72-47(44-69-50(61)41-39-37-35-33-31-29-27-18-16-14-12-10-8-6-4-2)45-70-58-57(68)55(66)53(64)49(74-58)46-71-59-56(67)54(65)52(63)48(43-60)73-59/h35,37,47-49,52-60,63-68H,3-34,36,38-46H2,1-2H3/b37-35+/t47-,48+,49+,52-,53-,54?,55?,56?,57?,58+,59+/m1/s1. The molecule has 0 spiro atoms. The minimum Gasteiger partial charge on any atom is -0.462 e. The molecule has 0 aromatic carbocycles. The Morgan fingerprint density at radius 1 is 0.419 bits per heavy atom. The Balaban J connectivity index is 1.72. The van der Waals surface area contributed by atoms with E-state index in [1.807, 2.05) is 6.08 Å². The smallest absolute Gasteiger partial charge is 0.306 e. The van der Waals surface area contributed by atoms with Crippen molar-refractivity contribution in [1.29, 1.82) is 0 Å². The van der Waals surface area contributed by atoms with Crippen molar-refractivity contribution in [3.63, 3.8) is 0 Å². The summed E-state index contributed by atoms with van der Waals surface area (Å²) < 4.78 is 33.7. The largest absolute Gasteiger partial charge is 0.462 e. The minimum absolute atomic E-state index is 0.139. The van der Waals surface area contributed by atoms with E-state index >= 15 is 0 Å². The molecule has 2 fully saturated rings.